The van der Waals surface area contributed by atoms with Crippen molar-refractivity contribution >= 4 is 17.7 Å². The Morgan fingerprint density at radius 3 is 2.73 bits per heavy atom. The van der Waals surface area contributed by atoms with Gasteiger partial charge in [0.25, 0.3) is 0 Å². The number of nitrogens with zero attached hydrogens (tertiary/aromatic N) is 4. The van der Waals surface area contributed by atoms with E-state index in [2.05, 4.69) is 10.5 Å². The molecule has 1 amide bonds. The average Bonchev–Trinajstić information content (AvgIpc) is 3.26. The van der Waals surface area contributed by atoms with Gasteiger partial charge in [0.15, 0.2) is 5.82 Å². The first-order valence-corrected chi connectivity index (χ1v) is 13.6. The van der Waals surface area contributed by atoms with Gasteiger partial charge in [-0.05, 0) is 52.9 Å². The summed E-state index contributed by atoms with van der Waals surface area (Å²) in [4.78, 5) is 23.5. The highest BCUT2D eigenvalue weighted by molar-refractivity contribution is 6.33. The van der Waals surface area contributed by atoms with Crippen LogP contribution in [0.2, 0.25) is 5.02 Å². The number of methoxy groups -OCH3 is 1. The maximum atomic E-state index is 12.1. The molecule has 0 radical (unpaired) electrons. The lowest BCUT2D eigenvalue weighted by Gasteiger charge is -2.36. The second-order valence-electron chi connectivity index (χ2n) is 9.97. The van der Waals surface area contributed by atoms with Crippen LogP contribution in [0.3, 0.4) is 0 Å². The lowest BCUT2D eigenvalue weighted by Crippen LogP contribution is -2.47. The summed E-state index contributed by atoms with van der Waals surface area (Å²) in [5.41, 5.74) is 3.37. The monoisotopic (exact) mass is 573 g/mol. The molecule has 3 heterocycles. The predicted octanol–water partition coefficient (Wildman–Crippen LogP) is 4.33. The van der Waals surface area contributed by atoms with Gasteiger partial charge in [-0.2, -0.15) is 4.98 Å². The average molecular weight is 574 g/mol. The van der Waals surface area contributed by atoms with Gasteiger partial charge in [-0.1, -0.05) is 16.8 Å². The van der Waals surface area contributed by atoms with Crippen molar-refractivity contribution in [3.05, 3.63) is 40.2 Å². The van der Waals surface area contributed by atoms with Gasteiger partial charge in [-0.25, -0.2) is 9.78 Å². The van der Waals surface area contributed by atoms with Gasteiger partial charge in [0.05, 0.1) is 29.1 Å². The lowest BCUT2D eigenvalue weighted by atomic mass is 10.0. The number of ether oxygens (including phenoxy) is 3. The highest BCUT2D eigenvalue weighted by atomic mass is 35.5. The predicted molar refractivity (Wildman–Crippen MR) is 150 cm³/mol. The Morgan fingerprint density at radius 2 is 2.08 bits per heavy atom. The van der Waals surface area contributed by atoms with Crippen molar-refractivity contribution < 1.29 is 28.6 Å². The van der Waals surface area contributed by atoms with Gasteiger partial charge in [0, 0.05) is 43.1 Å². The summed E-state index contributed by atoms with van der Waals surface area (Å²) in [6, 6.07) is 5.13. The first-order chi connectivity index (χ1) is 19.1. The molecule has 0 spiro atoms. The number of likely N-dealkylation sites (tertiary alicyclic amines) is 1. The standard InChI is InChI=1S/C28H36ClN5O6/c1-15-11-21(9-10-34(15)28(36)37-6)39-27-16(2)25(24-17(3)33-40-18(24)4)31-26(32-27)22-12-20(7-8-23(22)29)38-14-19(35)13-30-5/h7-8,12,15,19,21,30,35H,9-11,13-14H2,1-6H3/t15-,19?,21-/m0/s1. The Hall–Kier alpha value is -3.41. The normalized spacial score (nSPS) is 17.9. The van der Waals surface area contributed by atoms with Crippen LogP contribution in [-0.4, -0.2) is 83.3 Å². The fourth-order valence-electron chi connectivity index (χ4n) is 4.83. The van der Waals surface area contributed by atoms with Gasteiger partial charge >= 0.3 is 6.09 Å². The molecule has 11 nitrogen and oxygen atoms in total. The molecular formula is C28H36ClN5O6. The van der Waals surface area contributed by atoms with E-state index < -0.39 is 6.10 Å². The maximum Gasteiger partial charge on any atom is 0.409 e. The number of likely N-dealkylation sites (N-methyl/N-ethyl adjacent to an activating group) is 1. The van der Waals surface area contributed by atoms with Gasteiger partial charge in [0.2, 0.25) is 5.88 Å². The van der Waals surface area contributed by atoms with Crippen LogP contribution in [0.4, 0.5) is 4.79 Å². The van der Waals surface area contributed by atoms with E-state index in [1.165, 1.54) is 7.11 Å². The molecule has 1 saturated heterocycles. The van der Waals surface area contributed by atoms with Crippen LogP contribution >= 0.6 is 11.6 Å². The maximum absolute atomic E-state index is 12.1. The quantitative estimate of drug-likeness (QED) is 0.381. The summed E-state index contributed by atoms with van der Waals surface area (Å²) in [5, 5.41) is 17.5. The molecule has 1 aliphatic rings. The zero-order chi connectivity index (χ0) is 29.0. The molecule has 1 unspecified atom stereocenters. The highest BCUT2D eigenvalue weighted by Crippen LogP contribution is 2.37. The smallest absolute Gasteiger partial charge is 0.409 e. The SMILES string of the molecule is CNCC(O)COc1ccc(Cl)c(-c2nc(O[C@H]3CCN(C(=O)OC)[C@@H](C)C3)c(C)c(-c3c(C)noc3C)n2)c1. The minimum atomic E-state index is -0.668. The lowest BCUT2D eigenvalue weighted by molar-refractivity contribution is 0.0500. The van der Waals surface area contributed by atoms with Crippen molar-refractivity contribution in [2.45, 2.75) is 58.8 Å². The molecule has 2 aromatic heterocycles. The fourth-order valence-corrected chi connectivity index (χ4v) is 5.03. The van der Waals surface area contributed by atoms with Crippen molar-refractivity contribution in [2.24, 2.45) is 0 Å². The molecular weight excluding hydrogens is 538 g/mol. The number of amides is 1. The Balaban J connectivity index is 1.71. The number of carbonyl (C=O) groups is 1. The van der Waals surface area contributed by atoms with Crippen LogP contribution in [0, 0.1) is 20.8 Å². The number of aryl methyl sites for hydroxylation is 2. The van der Waals surface area contributed by atoms with E-state index in [9.17, 15) is 9.90 Å². The number of piperidine rings is 1. The summed E-state index contributed by atoms with van der Waals surface area (Å²) in [5.74, 6) is 1.90. The van der Waals surface area contributed by atoms with Crippen LogP contribution in [0.1, 0.15) is 36.8 Å². The van der Waals surface area contributed by atoms with Crippen LogP contribution in [0.25, 0.3) is 22.6 Å². The van der Waals surface area contributed by atoms with E-state index in [4.69, 9.17) is 40.3 Å². The topological polar surface area (TPSA) is 132 Å². The van der Waals surface area contributed by atoms with Crippen LogP contribution in [-0.2, 0) is 4.74 Å². The minimum absolute atomic E-state index is 0.0589. The molecule has 0 aliphatic carbocycles. The van der Waals surface area contributed by atoms with Crippen LogP contribution < -0.4 is 14.8 Å². The van der Waals surface area contributed by atoms with Gasteiger partial charge < -0.3 is 34.1 Å². The first kappa shape index (κ1) is 29.6. The van der Waals surface area contributed by atoms with E-state index in [1.54, 1.807) is 30.1 Å². The number of aromatic nitrogens is 3. The molecule has 216 valence electrons. The molecule has 12 heteroatoms. The first-order valence-electron chi connectivity index (χ1n) is 13.2. The number of carbonyl (C=O) groups excluding carboxylic acids is 1. The number of hydrogen-bond acceptors (Lipinski definition) is 10. The van der Waals surface area contributed by atoms with E-state index in [0.29, 0.717) is 71.1 Å². The van der Waals surface area contributed by atoms with Gasteiger partial charge in [-0.3, -0.25) is 0 Å². The van der Waals surface area contributed by atoms with Crippen molar-refractivity contribution in [3.8, 4) is 34.3 Å². The molecule has 1 fully saturated rings. The van der Waals surface area contributed by atoms with Crippen molar-refractivity contribution in [2.75, 3.05) is 33.9 Å². The van der Waals surface area contributed by atoms with Gasteiger partial charge in [0.1, 0.15) is 30.3 Å². The molecule has 4 rings (SSSR count). The third-order valence-electron chi connectivity index (χ3n) is 6.95. The molecule has 3 aromatic rings. The third kappa shape index (κ3) is 6.48. The minimum Gasteiger partial charge on any atom is -0.491 e. The summed E-state index contributed by atoms with van der Waals surface area (Å²) in [6.07, 6.45) is 0.0563. The number of aliphatic hydroxyl groups excluding tert-OH is 1. The molecule has 0 saturated carbocycles. The zero-order valence-corrected chi connectivity index (χ0v) is 24.4. The molecule has 1 aromatic carbocycles. The van der Waals surface area contributed by atoms with E-state index >= 15 is 0 Å². The Kier molecular flexibility index (Phi) is 9.49. The summed E-state index contributed by atoms with van der Waals surface area (Å²) in [6.45, 7) is 8.58. The molecule has 1 aliphatic heterocycles. The molecule has 0 bridgehead atoms. The Morgan fingerprint density at radius 1 is 1.30 bits per heavy atom. The second-order valence-corrected chi connectivity index (χ2v) is 10.4. The van der Waals surface area contributed by atoms with Crippen LogP contribution in [0.5, 0.6) is 11.6 Å². The number of hydrogen-bond donors (Lipinski definition) is 2. The van der Waals surface area contributed by atoms with Gasteiger partial charge in [-0.15, -0.1) is 0 Å². The zero-order valence-electron chi connectivity index (χ0n) is 23.7. The highest BCUT2D eigenvalue weighted by Gasteiger charge is 2.32. The van der Waals surface area contributed by atoms with E-state index in [0.717, 1.165) is 11.1 Å². The third-order valence-corrected chi connectivity index (χ3v) is 7.28. The van der Waals surface area contributed by atoms with E-state index in [1.807, 2.05) is 27.7 Å². The molecule has 2 N–H and O–H groups in total. The van der Waals surface area contributed by atoms with Crippen LogP contribution in [0.15, 0.2) is 22.7 Å². The molecule has 3 atom stereocenters. The number of aliphatic hydroxyl groups is 1. The summed E-state index contributed by atoms with van der Waals surface area (Å²) in [7, 11) is 3.15. The van der Waals surface area contributed by atoms with Crippen molar-refractivity contribution in [3.63, 3.8) is 0 Å². The Labute approximate surface area is 238 Å². The fraction of sp³-hybridized carbons (Fsp3) is 0.500. The summed E-state index contributed by atoms with van der Waals surface area (Å²) >= 11 is 6.63. The van der Waals surface area contributed by atoms with Crippen molar-refractivity contribution in [1.29, 1.82) is 0 Å². The number of benzene rings is 1. The Bertz CT molecular complexity index is 1330. The number of nitrogens with one attached hydrogen (secondary N) is 1. The number of rotatable bonds is 9. The number of halogens is 1. The largest absolute Gasteiger partial charge is 0.491 e. The van der Waals surface area contributed by atoms with Crippen molar-refractivity contribution in [1.82, 2.24) is 25.3 Å². The molecule has 40 heavy (non-hydrogen) atoms. The summed E-state index contributed by atoms with van der Waals surface area (Å²) < 4.78 is 22.6. The second kappa shape index (κ2) is 12.8. The van der Waals surface area contributed by atoms with E-state index in [-0.39, 0.29) is 24.8 Å².